The molecule has 2 aliphatic rings. The van der Waals surface area contributed by atoms with Gasteiger partial charge in [-0.2, -0.15) is 21.6 Å². The third-order valence-electron chi connectivity index (χ3n) is 4.87. The van der Waals surface area contributed by atoms with Gasteiger partial charge in [0.05, 0.1) is 0 Å². The highest BCUT2D eigenvalue weighted by Crippen LogP contribution is 2.53. The fourth-order valence-electron chi connectivity index (χ4n) is 3.68. The first-order valence-electron chi connectivity index (χ1n) is 9.79. The minimum absolute atomic E-state index is 0.211. The number of fused-ring (bicyclic) bond motifs is 1. The van der Waals surface area contributed by atoms with E-state index >= 15 is 0 Å². The molecule has 0 saturated carbocycles. The minimum Gasteiger partial charge on any atom is -0.444 e. The van der Waals surface area contributed by atoms with E-state index in [9.17, 15) is 26.4 Å². The number of allylic oxidation sites excluding steroid dienone is 2. The summed E-state index contributed by atoms with van der Waals surface area (Å²) in [5, 5.41) is 0. The number of alkyl halides is 3. The molecule has 1 aliphatic carbocycles. The van der Waals surface area contributed by atoms with Crippen molar-refractivity contribution in [3.8, 4) is 0 Å². The number of carbonyl (C=O) groups excluding carboxylic acids is 1. The predicted molar refractivity (Wildman–Crippen MR) is 108 cm³/mol. The van der Waals surface area contributed by atoms with E-state index in [1.54, 1.807) is 40.7 Å². The molecule has 1 amide bonds. The molecule has 0 aromatic carbocycles. The lowest BCUT2D eigenvalue weighted by atomic mass is 9.61. The Morgan fingerprint density at radius 2 is 1.63 bits per heavy atom. The third-order valence-corrected chi connectivity index (χ3v) is 5.83. The Morgan fingerprint density at radius 1 is 1.10 bits per heavy atom. The Morgan fingerprint density at radius 3 is 2.10 bits per heavy atom. The van der Waals surface area contributed by atoms with Crippen LogP contribution in [0.25, 0.3) is 0 Å². The Balaban J connectivity index is 0.00000218. The van der Waals surface area contributed by atoms with Crippen LogP contribution in [0.2, 0.25) is 0 Å². The predicted octanol–water partition coefficient (Wildman–Crippen LogP) is 5.38. The highest BCUT2D eigenvalue weighted by Gasteiger charge is 2.53. The van der Waals surface area contributed by atoms with Crippen LogP contribution in [0.4, 0.5) is 18.0 Å². The molecule has 174 valence electrons. The molecule has 2 rings (SSSR count). The van der Waals surface area contributed by atoms with Crippen molar-refractivity contribution in [1.29, 1.82) is 0 Å². The molecule has 0 fully saturated rings. The first-order chi connectivity index (χ1) is 13.4. The molecule has 30 heavy (non-hydrogen) atoms. The number of amides is 1. The van der Waals surface area contributed by atoms with Gasteiger partial charge < -0.3 is 13.8 Å². The molecule has 1 unspecified atom stereocenters. The lowest BCUT2D eigenvalue weighted by Gasteiger charge is -2.49. The van der Waals surface area contributed by atoms with Crippen LogP contribution in [-0.4, -0.2) is 43.6 Å². The largest absolute Gasteiger partial charge is 0.534 e. The third kappa shape index (κ3) is 5.50. The van der Waals surface area contributed by atoms with Crippen molar-refractivity contribution in [2.24, 2.45) is 10.8 Å². The van der Waals surface area contributed by atoms with Crippen LogP contribution in [0.15, 0.2) is 23.5 Å². The van der Waals surface area contributed by atoms with E-state index in [1.165, 1.54) is 11.0 Å². The molecule has 0 spiro atoms. The maximum Gasteiger partial charge on any atom is 0.534 e. The van der Waals surface area contributed by atoms with Gasteiger partial charge in [0.15, 0.2) is 0 Å². The van der Waals surface area contributed by atoms with Crippen molar-refractivity contribution in [3.05, 3.63) is 23.5 Å². The monoisotopic (exact) mass is 455 g/mol. The van der Waals surface area contributed by atoms with Crippen molar-refractivity contribution in [2.75, 3.05) is 13.1 Å². The molecule has 6 nitrogen and oxygen atoms in total. The SMILES string of the molecule is CC.CC(C)(C)OC(=O)N1CC=C2C(C)(CC=C(OS(=O)(=O)C(F)(F)F)C2(C)C)C1. The molecular weight excluding hydrogens is 423 g/mol. The summed E-state index contributed by atoms with van der Waals surface area (Å²) in [7, 11) is -5.75. The highest BCUT2D eigenvalue weighted by atomic mass is 32.2. The van der Waals surface area contributed by atoms with Gasteiger partial charge in [0.1, 0.15) is 11.4 Å². The molecule has 0 N–H and O–H groups in total. The number of carbonyl (C=O) groups is 1. The number of halogens is 3. The molecule has 1 aliphatic heterocycles. The van der Waals surface area contributed by atoms with Gasteiger partial charge in [0.25, 0.3) is 0 Å². The fraction of sp³-hybridized carbons (Fsp3) is 0.750. The summed E-state index contributed by atoms with van der Waals surface area (Å²) < 4.78 is 70.9. The van der Waals surface area contributed by atoms with Crippen molar-refractivity contribution in [1.82, 2.24) is 4.90 Å². The quantitative estimate of drug-likeness (QED) is 0.318. The number of ether oxygens (including phenoxy) is 1. The average Bonchev–Trinajstić information content (AvgIpc) is 2.56. The van der Waals surface area contributed by atoms with Crippen LogP contribution in [0.3, 0.4) is 0 Å². The Hall–Kier alpha value is -1.71. The zero-order valence-electron chi connectivity index (χ0n) is 18.8. The molecule has 0 saturated heterocycles. The number of rotatable bonds is 2. The average molecular weight is 456 g/mol. The zero-order chi connectivity index (χ0) is 23.8. The van der Waals surface area contributed by atoms with Crippen molar-refractivity contribution in [2.45, 2.75) is 72.9 Å². The molecular formula is C20H32F3NO5S. The van der Waals surface area contributed by atoms with Gasteiger partial charge in [-0.25, -0.2) is 4.79 Å². The summed E-state index contributed by atoms with van der Waals surface area (Å²) in [5.41, 5.74) is -7.08. The van der Waals surface area contributed by atoms with Gasteiger partial charge in [-0.1, -0.05) is 32.4 Å². The standard InChI is InChI=1S/C18H26F3NO5S.C2H6/c1-15(2,3)26-14(23)22-10-8-12-16(4,5)13(7-9-17(12,6)11-22)27-28(24,25)18(19,20)21;1-2/h7-8H,9-11H2,1-6H3;1-2H3. The Bertz CT molecular complexity index is 822. The molecule has 0 radical (unpaired) electrons. The van der Waals surface area contributed by atoms with E-state index in [0.717, 1.165) is 5.57 Å². The summed E-state index contributed by atoms with van der Waals surface area (Å²) >= 11 is 0. The lowest BCUT2D eigenvalue weighted by molar-refractivity contribution is -0.0533. The van der Waals surface area contributed by atoms with Gasteiger partial charge in [-0.3, -0.25) is 0 Å². The second-order valence-electron chi connectivity index (χ2n) is 8.92. The van der Waals surface area contributed by atoms with E-state index in [4.69, 9.17) is 4.74 Å². The van der Waals surface area contributed by atoms with Gasteiger partial charge in [-0.15, -0.1) is 0 Å². The number of hydrogen-bond donors (Lipinski definition) is 0. The van der Waals surface area contributed by atoms with E-state index in [0.29, 0.717) is 6.54 Å². The first kappa shape index (κ1) is 26.3. The van der Waals surface area contributed by atoms with E-state index in [1.807, 2.05) is 20.8 Å². The Kier molecular flexibility index (Phi) is 7.40. The molecule has 0 aromatic rings. The van der Waals surface area contributed by atoms with E-state index < -0.39 is 38.2 Å². The smallest absolute Gasteiger partial charge is 0.444 e. The molecule has 0 aromatic heterocycles. The van der Waals surface area contributed by atoms with E-state index in [2.05, 4.69) is 4.18 Å². The summed E-state index contributed by atoms with van der Waals surface area (Å²) in [5.74, 6) is -0.265. The Labute approximate surface area is 177 Å². The maximum atomic E-state index is 12.7. The summed E-state index contributed by atoms with van der Waals surface area (Å²) in [6.45, 7) is 14.9. The topological polar surface area (TPSA) is 72.9 Å². The summed E-state index contributed by atoms with van der Waals surface area (Å²) in [4.78, 5) is 13.9. The first-order valence-corrected chi connectivity index (χ1v) is 11.2. The van der Waals surface area contributed by atoms with Crippen LogP contribution in [-0.2, 0) is 19.0 Å². The minimum atomic E-state index is -5.75. The van der Waals surface area contributed by atoms with Crippen molar-refractivity contribution >= 4 is 16.2 Å². The summed E-state index contributed by atoms with van der Waals surface area (Å²) in [6.07, 6.45) is 2.85. The highest BCUT2D eigenvalue weighted by molar-refractivity contribution is 7.87. The van der Waals surface area contributed by atoms with Gasteiger partial charge in [0.2, 0.25) is 0 Å². The maximum absolute atomic E-state index is 12.7. The molecule has 1 heterocycles. The summed E-state index contributed by atoms with van der Waals surface area (Å²) in [6, 6.07) is 0. The van der Waals surface area contributed by atoms with Crippen LogP contribution in [0, 0.1) is 10.8 Å². The molecule has 1 atom stereocenters. The zero-order valence-corrected chi connectivity index (χ0v) is 19.6. The lowest BCUT2D eigenvalue weighted by Crippen LogP contribution is -2.50. The van der Waals surface area contributed by atoms with E-state index in [-0.39, 0.29) is 18.7 Å². The van der Waals surface area contributed by atoms with Gasteiger partial charge in [-0.05, 0) is 47.1 Å². The van der Waals surface area contributed by atoms with Crippen LogP contribution >= 0.6 is 0 Å². The van der Waals surface area contributed by atoms with Crippen molar-refractivity contribution < 1.29 is 35.3 Å². The van der Waals surface area contributed by atoms with Crippen LogP contribution in [0.1, 0.15) is 61.8 Å². The van der Waals surface area contributed by atoms with Crippen molar-refractivity contribution in [3.63, 3.8) is 0 Å². The van der Waals surface area contributed by atoms with Crippen LogP contribution in [0.5, 0.6) is 0 Å². The van der Waals surface area contributed by atoms with Crippen LogP contribution < -0.4 is 0 Å². The number of nitrogens with zero attached hydrogens (tertiary/aromatic N) is 1. The van der Waals surface area contributed by atoms with Gasteiger partial charge >= 0.3 is 21.7 Å². The fourth-order valence-corrected chi connectivity index (χ4v) is 4.29. The van der Waals surface area contributed by atoms with Gasteiger partial charge in [0, 0.05) is 23.9 Å². The molecule has 0 bridgehead atoms. The second-order valence-corrected chi connectivity index (χ2v) is 10.5. The second kappa shape index (κ2) is 8.43. The molecule has 10 heteroatoms. The number of hydrogen-bond acceptors (Lipinski definition) is 5. The normalized spacial score (nSPS) is 23.9.